The van der Waals surface area contributed by atoms with Gasteiger partial charge in [0.2, 0.25) is 6.79 Å². The molecular formula is C21H22ClN5O4. The molecule has 0 spiro atoms. The molecule has 0 saturated heterocycles. The Morgan fingerprint density at radius 2 is 2.03 bits per heavy atom. The van der Waals surface area contributed by atoms with Crippen molar-refractivity contribution in [1.29, 1.82) is 0 Å². The lowest BCUT2D eigenvalue weighted by atomic mass is 10.2. The standard InChI is InChI=1S/C21H22ClN5O4/c22-16-10-18-17(30-13-31-18)9-15(16)11-26-5-2-20-25-24-19(27(20)7-6-26)1-4-23-21(28)14-3-8-29-12-14/h3,8-10,12H,1-2,4-7,11,13H2,(H,23,28). The highest BCUT2D eigenvalue weighted by molar-refractivity contribution is 6.31. The second-order valence-electron chi connectivity index (χ2n) is 7.53. The summed E-state index contributed by atoms with van der Waals surface area (Å²) in [6.07, 6.45) is 4.33. The summed E-state index contributed by atoms with van der Waals surface area (Å²) in [7, 11) is 0. The number of carbonyl (C=O) groups excluding carboxylic acids is 1. The van der Waals surface area contributed by atoms with E-state index in [1.165, 1.54) is 12.5 Å². The molecule has 4 heterocycles. The third-order valence-corrected chi connectivity index (χ3v) is 5.90. The van der Waals surface area contributed by atoms with Gasteiger partial charge in [-0.15, -0.1) is 10.2 Å². The first-order chi connectivity index (χ1) is 15.2. The normalized spacial score (nSPS) is 15.5. The van der Waals surface area contributed by atoms with E-state index in [0.29, 0.717) is 29.3 Å². The van der Waals surface area contributed by atoms with Crippen LogP contribution in [0.2, 0.25) is 5.02 Å². The summed E-state index contributed by atoms with van der Waals surface area (Å²) in [5, 5.41) is 12.3. The van der Waals surface area contributed by atoms with E-state index in [-0.39, 0.29) is 12.7 Å². The van der Waals surface area contributed by atoms with E-state index in [2.05, 4.69) is 25.0 Å². The van der Waals surface area contributed by atoms with E-state index in [1.807, 2.05) is 12.1 Å². The van der Waals surface area contributed by atoms with Gasteiger partial charge in [-0.05, 0) is 17.7 Å². The van der Waals surface area contributed by atoms with Crippen LogP contribution in [-0.4, -0.2) is 52.0 Å². The average Bonchev–Trinajstić information content (AvgIpc) is 3.49. The van der Waals surface area contributed by atoms with Crippen molar-refractivity contribution in [2.45, 2.75) is 25.9 Å². The van der Waals surface area contributed by atoms with Gasteiger partial charge in [0, 0.05) is 56.7 Å². The first-order valence-corrected chi connectivity index (χ1v) is 10.6. The van der Waals surface area contributed by atoms with Gasteiger partial charge in [0.1, 0.15) is 17.9 Å². The maximum Gasteiger partial charge on any atom is 0.254 e. The molecule has 0 atom stereocenters. The number of aromatic nitrogens is 3. The van der Waals surface area contributed by atoms with Crippen molar-refractivity contribution in [1.82, 2.24) is 25.0 Å². The molecule has 162 valence electrons. The second kappa shape index (κ2) is 8.60. The molecule has 1 aromatic carbocycles. The van der Waals surface area contributed by atoms with Gasteiger partial charge in [0.05, 0.1) is 11.8 Å². The quantitative estimate of drug-likeness (QED) is 0.624. The van der Waals surface area contributed by atoms with Crippen LogP contribution in [-0.2, 0) is 25.9 Å². The number of carbonyl (C=O) groups is 1. The summed E-state index contributed by atoms with van der Waals surface area (Å²) in [5.74, 6) is 3.13. The smallest absolute Gasteiger partial charge is 0.254 e. The Morgan fingerprint density at radius 3 is 2.87 bits per heavy atom. The van der Waals surface area contributed by atoms with E-state index >= 15 is 0 Å². The number of benzene rings is 1. The van der Waals surface area contributed by atoms with E-state index in [4.69, 9.17) is 25.5 Å². The monoisotopic (exact) mass is 443 g/mol. The topological polar surface area (TPSA) is 94.7 Å². The number of furan rings is 1. The Bertz CT molecular complexity index is 1080. The molecule has 0 saturated carbocycles. The number of halogens is 1. The molecule has 1 N–H and O–H groups in total. The molecule has 0 unspecified atom stereocenters. The van der Waals surface area contributed by atoms with Gasteiger partial charge in [-0.2, -0.15) is 0 Å². The average molecular weight is 444 g/mol. The van der Waals surface area contributed by atoms with Crippen LogP contribution in [0.5, 0.6) is 11.5 Å². The number of rotatable bonds is 6. The van der Waals surface area contributed by atoms with Gasteiger partial charge >= 0.3 is 0 Å². The van der Waals surface area contributed by atoms with Crippen LogP contribution in [0.15, 0.2) is 35.1 Å². The zero-order valence-electron chi connectivity index (χ0n) is 16.8. The zero-order chi connectivity index (χ0) is 21.2. The molecule has 0 bridgehead atoms. The summed E-state index contributed by atoms with van der Waals surface area (Å²) in [6, 6.07) is 5.42. The van der Waals surface area contributed by atoms with Crippen LogP contribution in [0.25, 0.3) is 0 Å². The molecule has 31 heavy (non-hydrogen) atoms. The maximum absolute atomic E-state index is 12.0. The lowest BCUT2D eigenvalue weighted by Crippen LogP contribution is -2.28. The minimum Gasteiger partial charge on any atom is -0.472 e. The van der Waals surface area contributed by atoms with Crippen LogP contribution in [0.3, 0.4) is 0 Å². The first-order valence-electron chi connectivity index (χ1n) is 10.2. The SMILES string of the molecule is O=C(NCCc1nnc2n1CCN(Cc1cc3c(cc1Cl)OCO3)CC2)c1ccoc1. The fraction of sp³-hybridized carbons (Fsp3) is 0.381. The number of nitrogens with zero attached hydrogens (tertiary/aromatic N) is 4. The molecule has 2 aliphatic heterocycles. The largest absolute Gasteiger partial charge is 0.472 e. The van der Waals surface area contributed by atoms with Crippen molar-refractivity contribution in [3.05, 3.63) is 58.5 Å². The molecular weight excluding hydrogens is 422 g/mol. The zero-order valence-corrected chi connectivity index (χ0v) is 17.6. The van der Waals surface area contributed by atoms with Gasteiger partial charge in [0.15, 0.2) is 11.5 Å². The number of hydrogen-bond acceptors (Lipinski definition) is 7. The van der Waals surface area contributed by atoms with Crippen molar-refractivity contribution < 1.29 is 18.7 Å². The van der Waals surface area contributed by atoms with Crippen LogP contribution in [0.1, 0.15) is 27.6 Å². The van der Waals surface area contributed by atoms with E-state index < -0.39 is 0 Å². The molecule has 2 aromatic heterocycles. The highest BCUT2D eigenvalue weighted by Crippen LogP contribution is 2.37. The number of fused-ring (bicyclic) bond motifs is 2. The minimum absolute atomic E-state index is 0.156. The molecule has 2 aliphatic rings. The maximum atomic E-state index is 12.0. The van der Waals surface area contributed by atoms with Crippen molar-refractivity contribution in [2.24, 2.45) is 0 Å². The molecule has 3 aromatic rings. The van der Waals surface area contributed by atoms with E-state index in [9.17, 15) is 4.79 Å². The fourth-order valence-electron chi connectivity index (χ4n) is 3.87. The number of amides is 1. The van der Waals surface area contributed by atoms with Crippen molar-refractivity contribution in [3.63, 3.8) is 0 Å². The third-order valence-electron chi connectivity index (χ3n) is 5.55. The van der Waals surface area contributed by atoms with Gasteiger partial charge in [-0.1, -0.05) is 11.6 Å². The highest BCUT2D eigenvalue weighted by atomic mass is 35.5. The highest BCUT2D eigenvalue weighted by Gasteiger charge is 2.21. The third kappa shape index (κ3) is 4.24. The Morgan fingerprint density at radius 1 is 1.16 bits per heavy atom. The van der Waals surface area contributed by atoms with E-state index in [0.717, 1.165) is 55.6 Å². The fourth-order valence-corrected chi connectivity index (χ4v) is 4.09. The number of nitrogens with one attached hydrogen (secondary N) is 1. The molecule has 10 heteroatoms. The summed E-state index contributed by atoms with van der Waals surface area (Å²) >= 11 is 6.45. The lowest BCUT2D eigenvalue weighted by Gasteiger charge is -2.20. The lowest BCUT2D eigenvalue weighted by molar-refractivity contribution is 0.0953. The van der Waals surface area contributed by atoms with Crippen molar-refractivity contribution in [3.8, 4) is 11.5 Å². The minimum atomic E-state index is -0.156. The molecule has 0 fully saturated rings. The van der Waals surface area contributed by atoms with Gasteiger partial charge in [-0.25, -0.2) is 0 Å². The molecule has 5 rings (SSSR count). The predicted octanol–water partition coefficient (Wildman–Crippen LogP) is 2.28. The summed E-state index contributed by atoms with van der Waals surface area (Å²) in [5.41, 5.74) is 1.53. The molecule has 0 radical (unpaired) electrons. The summed E-state index contributed by atoms with van der Waals surface area (Å²) < 4.78 is 18.0. The van der Waals surface area contributed by atoms with Crippen LogP contribution in [0, 0.1) is 0 Å². The Hall–Kier alpha value is -3.04. The summed E-state index contributed by atoms with van der Waals surface area (Å²) in [4.78, 5) is 14.4. The van der Waals surface area contributed by atoms with Crippen molar-refractivity contribution in [2.75, 3.05) is 26.4 Å². The van der Waals surface area contributed by atoms with Crippen LogP contribution >= 0.6 is 11.6 Å². The number of ether oxygens (including phenoxy) is 2. The van der Waals surface area contributed by atoms with Crippen LogP contribution < -0.4 is 14.8 Å². The van der Waals surface area contributed by atoms with Gasteiger partial charge in [-0.3, -0.25) is 9.69 Å². The molecule has 0 aliphatic carbocycles. The van der Waals surface area contributed by atoms with Gasteiger partial charge in [0.25, 0.3) is 5.91 Å². The Kier molecular flexibility index (Phi) is 5.52. The molecule has 1 amide bonds. The molecule has 9 nitrogen and oxygen atoms in total. The summed E-state index contributed by atoms with van der Waals surface area (Å²) in [6.45, 7) is 3.95. The predicted molar refractivity (Wildman–Crippen MR) is 111 cm³/mol. The van der Waals surface area contributed by atoms with Gasteiger partial charge < -0.3 is 23.8 Å². The first kappa shape index (κ1) is 19.9. The van der Waals surface area contributed by atoms with Crippen molar-refractivity contribution >= 4 is 17.5 Å². The Balaban J connectivity index is 1.19. The van der Waals surface area contributed by atoms with Crippen LogP contribution in [0.4, 0.5) is 0 Å². The number of hydrogen-bond donors (Lipinski definition) is 1. The Labute approximate surface area is 183 Å². The van der Waals surface area contributed by atoms with E-state index in [1.54, 1.807) is 6.07 Å². The second-order valence-corrected chi connectivity index (χ2v) is 7.93.